The summed E-state index contributed by atoms with van der Waals surface area (Å²) in [6.07, 6.45) is -0.625. The lowest BCUT2D eigenvalue weighted by Gasteiger charge is -2.23. The molecule has 0 heterocycles. The predicted octanol–water partition coefficient (Wildman–Crippen LogP) is 1.47. The summed E-state index contributed by atoms with van der Waals surface area (Å²) in [6, 6.07) is 7.33. The van der Waals surface area contributed by atoms with Crippen LogP contribution in [0, 0.1) is 5.92 Å². The van der Waals surface area contributed by atoms with Gasteiger partial charge < -0.3 is 19.5 Å². The molecule has 0 fully saturated rings. The molecule has 1 aromatic rings. The number of aliphatic hydroxyl groups is 1. The van der Waals surface area contributed by atoms with Crippen molar-refractivity contribution < 1.29 is 19.4 Å². The van der Waals surface area contributed by atoms with E-state index in [0.29, 0.717) is 18.8 Å². The van der Waals surface area contributed by atoms with Gasteiger partial charge in [-0.1, -0.05) is 19.1 Å². The largest absolute Gasteiger partial charge is 0.497 e. The molecule has 5 nitrogen and oxygen atoms in total. The van der Waals surface area contributed by atoms with E-state index in [1.165, 1.54) is 7.11 Å². The molecule has 0 aliphatic heterocycles. The first kappa shape index (κ1) is 16.5. The van der Waals surface area contributed by atoms with Crippen molar-refractivity contribution in [2.24, 2.45) is 5.92 Å². The van der Waals surface area contributed by atoms with Crippen molar-refractivity contribution in [3.05, 3.63) is 29.8 Å². The van der Waals surface area contributed by atoms with Crippen LogP contribution in [0.3, 0.4) is 0 Å². The van der Waals surface area contributed by atoms with E-state index < -0.39 is 6.10 Å². The second-order valence-corrected chi connectivity index (χ2v) is 4.94. The zero-order valence-corrected chi connectivity index (χ0v) is 12.5. The highest BCUT2D eigenvalue weighted by Crippen LogP contribution is 2.19. The monoisotopic (exact) mass is 281 g/mol. The van der Waals surface area contributed by atoms with E-state index in [9.17, 15) is 9.90 Å². The molecule has 5 heteroatoms. The van der Waals surface area contributed by atoms with Crippen molar-refractivity contribution in [3.63, 3.8) is 0 Å². The van der Waals surface area contributed by atoms with Gasteiger partial charge in [0.1, 0.15) is 5.75 Å². The molecule has 0 saturated carbocycles. The molecule has 2 atom stereocenters. The van der Waals surface area contributed by atoms with Gasteiger partial charge in [0.25, 0.3) is 0 Å². The Hall–Kier alpha value is -1.59. The fourth-order valence-corrected chi connectivity index (χ4v) is 2.07. The van der Waals surface area contributed by atoms with E-state index in [0.717, 1.165) is 5.56 Å². The molecule has 0 aromatic heterocycles. The van der Waals surface area contributed by atoms with Gasteiger partial charge in [0.15, 0.2) is 0 Å². The van der Waals surface area contributed by atoms with Crippen molar-refractivity contribution in [1.29, 1.82) is 0 Å². The molecule has 0 aliphatic rings. The summed E-state index contributed by atoms with van der Waals surface area (Å²) in [5.41, 5.74) is 0.793. The van der Waals surface area contributed by atoms with E-state index in [2.05, 4.69) is 4.74 Å². The van der Waals surface area contributed by atoms with Gasteiger partial charge in [-0.15, -0.1) is 0 Å². The van der Waals surface area contributed by atoms with Crippen LogP contribution in [0.5, 0.6) is 5.75 Å². The Labute approximate surface area is 120 Å². The fourth-order valence-electron chi connectivity index (χ4n) is 2.07. The minimum Gasteiger partial charge on any atom is -0.497 e. The third-order valence-electron chi connectivity index (χ3n) is 3.15. The van der Waals surface area contributed by atoms with E-state index in [1.54, 1.807) is 14.0 Å². The van der Waals surface area contributed by atoms with Gasteiger partial charge in [-0.05, 0) is 24.7 Å². The van der Waals surface area contributed by atoms with Crippen molar-refractivity contribution in [2.75, 3.05) is 34.4 Å². The number of likely N-dealkylation sites (N-methyl/N-ethyl adjacent to an activating group) is 1. The predicted molar refractivity (Wildman–Crippen MR) is 76.6 cm³/mol. The summed E-state index contributed by atoms with van der Waals surface area (Å²) < 4.78 is 9.82. The molecule has 1 N–H and O–H groups in total. The Morgan fingerprint density at radius 3 is 2.65 bits per heavy atom. The Kier molecular flexibility index (Phi) is 6.48. The van der Waals surface area contributed by atoms with Gasteiger partial charge in [0.2, 0.25) is 0 Å². The van der Waals surface area contributed by atoms with Crippen molar-refractivity contribution in [3.8, 4) is 5.75 Å². The van der Waals surface area contributed by atoms with Gasteiger partial charge in [0, 0.05) is 13.1 Å². The van der Waals surface area contributed by atoms with E-state index in [4.69, 9.17) is 4.74 Å². The Balaban J connectivity index is 2.56. The van der Waals surface area contributed by atoms with E-state index in [1.807, 2.05) is 36.2 Å². The van der Waals surface area contributed by atoms with Gasteiger partial charge in [0.05, 0.1) is 26.2 Å². The van der Waals surface area contributed by atoms with Gasteiger partial charge in [-0.25, -0.2) is 0 Å². The first-order chi connectivity index (χ1) is 9.47. The van der Waals surface area contributed by atoms with Crippen LogP contribution in [0.2, 0.25) is 0 Å². The Morgan fingerprint density at radius 2 is 2.05 bits per heavy atom. The molecule has 1 aromatic carbocycles. The average molecular weight is 281 g/mol. The second kappa shape index (κ2) is 7.87. The maximum Gasteiger partial charge on any atom is 0.309 e. The summed E-state index contributed by atoms with van der Waals surface area (Å²) >= 11 is 0. The molecular weight excluding hydrogens is 258 g/mol. The lowest BCUT2D eigenvalue weighted by Crippen LogP contribution is -2.32. The van der Waals surface area contributed by atoms with Crippen LogP contribution in [-0.4, -0.2) is 50.3 Å². The maximum absolute atomic E-state index is 11.4. The van der Waals surface area contributed by atoms with Crippen LogP contribution in [-0.2, 0) is 9.53 Å². The molecule has 0 saturated heterocycles. The normalized spacial score (nSPS) is 13.9. The van der Waals surface area contributed by atoms with Crippen LogP contribution in [0.15, 0.2) is 24.3 Å². The number of aliphatic hydroxyl groups excluding tert-OH is 1. The Bertz CT molecular complexity index is 436. The van der Waals surface area contributed by atoms with Crippen LogP contribution in [0.25, 0.3) is 0 Å². The summed E-state index contributed by atoms with van der Waals surface area (Å²) in [5, 5.41) is 10.2. The number of carbonyl (C=O) groups is 1. The Morgan fingerprint density at radius 1 is 1.35 bits per heavy atom. The highest BCUT2D eigenvalue weighted by atomic mass is 16.5. The number of benzene rings is 1. The zero-order chi connectivity index (χ0) is 15.1. The smallest absolute Gasteiger partial charge is 0.309 e. The van der Waals surface area contributed by atoms with Crippen molar-refractivity contribution in [2.45, 2.75) is 13.0 Å². The van der Waals surface area contributed by atoms with E-state index >= 15 is 0 Å². The molecule has 0 aliphatic carbocycles. The molecule has 0 radical (unpaired) electrons. The third kappa shape index (κ3) is 4.83. The first-order valence-electron chi connectivity index (χ1n) is 6.56. The van der Waals surface area contributed by atoms with Crippen molar-refractivity contribution in [1.82, 2.24) is 4.90 Å². The maximum atomic E-state index is 11.4. The van der Waals surface area contributed by atoms with Gasteiger partial charge in [-0.3, -0.25) is 4.79 Å². The summed E-state index contributed by atoms with van der Waals surface area (Å²) in [7, 11) is 4.84. The minimum absolute atomic E-state index is 0.220. The lowest BCUT2D eigenvalue weighted by atomic mass is 10.1. The molecule has 0 bridgehead atoms. The molecule has 20 heavy (non-hydrogen) atoms. The molecule has 0 spiro atoms. The minimum atomic E-state index is -0.625. The van der Waals surface area contributed by atoms with Gasteiger partial charge >= 0.3 is 5.97 Å². The standard InChI is InChI=1S/C15H23NO4/c1-11(15(18)20-4)9-16(2)10-14(17)12-6-5-7-13(8-12)19-3/h5-8,11,14,17H,9-10H2,1-4H3. The number of hydrogen-bond acceptors (Lipinski definition) is 5. The number of esters is 1. The topological polar surface area (TPSA) is 59.0 Å². The number of rotatable bonds is 7. The highest BCUT2D eigenvalue weighted by Gasteiger charge is 2.18. The zero-order valence-electron chi connectivity index (χ0n) is 12.5. The number of nitrogens with zero attached hydrogens (tertiary/aromatic N) is 1. The fraction of sp³-hybridized carbons (Fsp3) is 0.533. The van der Waals surface area contributed by atoms with Crippen LogP contribution >= 0.6 is 0 Å². The number of ether oxygens (including phenoxy) is 2. The summed E-state index contributed by atoms with van der Waals surface area (Å²) in [5.74, 6) is 0.252. The molecule has 1 rings (SSSR count). The number of carbonyl (C=O) groups excluding carboxylic acids is 1. The highest BCUT2D eigenvalue weighted by molar-refractivity contribution is 5.72. The molecule has 2 unspecified atom stereocenters. The first-order valence-corrected chi connectivity index (χ1v) is 6.56. The number of hydrogen-bond donors (Lipinski definition) is 1. The molecule has 0 amide bonds. The molecule has 112 valence electrons. The molecular formula is C15H23NO4. The average Bonchev–Trinajstić information content (AvgIpc) is 2.46. The third-order valence-corrected chi connectivity index (χ3v) is 3.15. The second-order valence-electron chi connectivity index (χ2n) is 4.94. The van der Waals surface area contributed by atoms with Crippen molar-refractivity contribution >= 4 is 5.97 Å². The SMILES string of the molecule is COC(=O)C(C)CN(C)CC(O)c1cccc(OC)c1. The summed E-state index contributed by atoms with van der Waals surface area (Å²) in [6.45, 7) is 2.78. The van der Waals surface area contributed by atoms with Gasteiger partial charge in [-0.2, -0.15) is 0 Å². The van der Waals surface area contributed by atoms with E-state index in [-0.39, 0.29) is 11.9 Å². The van der Waals surface area contributed by atoms with Crippen LogP contribution < -0.4 is 4.74 Å². The quantitative estimate of drug-likeness (QED) is 0.767. The number of methoxy groups -OCH3 is 2. The van der Waals surface area contributed by atoms with Crippen LogP contribution in [0.1, 0.15) is 18.6 Å². The van der Waals surface area contributed by atoms with Crippen LogP contribution in [0.4, 0.5) is 0 Å². The lowest BCUT2D eigenvalue weighted by molar-refractivity contribution is -0.145. The summed E-state index contributed by atoms with van der Waals surface area (Å²) in [4.78, 5) is 13.3.